The number of aliphatic hydroxyl groups is 30. The minimum absolute atomic E-state index is 0.0432. The maximum absolute atomic E-state index is 12.6. The molecule has 0 saturated carbocycles. The number of nitrogens with one attached hydrogen (secondary N) is 8. The molecular weight excluding hydrogens is 1320 g/mol. The Kier molecular flexibility index (Phi) is 51.4. The lowest BCUT2D eigenvalue weighted by atomic mass is 9.84. The molecule has 0 spiro atoms. The van der Waals surface area contributed by atoms with Gasteiger partial charge in [0.25, 0.3) is 17.7 Å². The summed E-state index contributed by atoms with van der Waals surface area (Å²) in [5.41, 5.74) is 3.29. The van der Waals surface area contributed by atoms with E-state index in [1.54, 1.807) is 7.05 Å². The van der Waals surface area contributed by atoms with E-state index in [1.165, 1.54) is 7.05 Å². The van der Waals surface area contributed by atoms with Crippen LogP contribution < -0.4 is 42.9 Å². The van der Waals surface area contributed by atoms with Crippen molar-refractivity contribution in [2.45, 2.75) is 191 Å². The average molecular weight is 1440 g/mol. The van der Waals surface area contributed by atoms with E-state index in [9.17, 15) is 137 Å². The lowest BCUT2D eigenvalue weighted by Crippen LogP contribution is -2.59. The van der Waals surface area contributed by atoms with Crippen molar-refractivity contribution in [3.63, 3.8) is 0 Å². The molecule has 3 amide bonds. The Morgan fingerprint density at radius 3 is 0.948 bits per heavy atom. The summed E-state index contributed by atoms with van der Waals surface area (Å²) in [6.07, 6.45) is -43.9. The second-order valence-corrected chi connectivity index (χ2v) is 23.0. The molecular formula is C53H112N8O36. The van der Waals surface area contributed by atoms with E-state index in [2.05, 4.69) is 42.9 Å². The zero-order valence-corrected chi connectivity index (χ0v) is 53.8. The van der Waals surface area contributed by atoms with Gasteiger partial charge in [0.05, 0.1) is 59.6 Å². The highest BCUT2D eigenvalue weighted by atomic mass is 16.7. The molecule has 0 heterocycles. The Balaban J connectivity index is 0. The number of rotatable bonds is 57. The Morgan fingerprint density at radius 1 is 0.351 bits per heavy atom. The Hall–Kier alpha value is -3.11. The van der Waals surface area contributed by atoms with Crippen molar-refractivity contribution >= 4 is 17.7 Å². The molecule has 0 aliphatic heterocycles. The van der Waals surface area contributed by atoms with Gasteiger partial charge in [-0.15, -0.1) is 0 Å². The van der Waals surface area contributed by atoms with Crippen LogP contribution >= 0.6 is 0 Å². The van der Waals surface area contributed by atoms with Crippen molar-refractivity contribution in [1.29, 1.82) is 0 Å². The van der Waals surface area contributed by atoms with Gasteiger partial charge < -0.3 is 185 Å². The highest BCUT2D eigenvalue weighted by Crippen LogP contribution is 2.25. The van der Waals surface area contributed by atoms with Crippen molar-refractivity contribution in [3.05, 3.63) is 0 Å². The SMILES string of the molecule is CNC(CCCNOCC(O)C(O)C(O)C(O)CO)(CCCNOCC(O)C(O)C(O)C(O)CO)CCCNC(=O)C(O)C(O)C(O)C(O)CO.CNCC(CNCOC(O)C(O)C(O)C(O)CO)(CNC(=O)C(O)C(O)C(O)C(O)CO)CNC(=O)C(O)C(O)C(O)C(O)CO. The number of aliphatic hydroxyl groups excluding tert-OH is 30. The summed E-state index contributed by atoms with van der Waals surface area (Å²) in [5.74, 6) is -3.58. The molecule has 24 atom stereocenters. The first-order chi connectivity index (χ1) is 45.5. The highest BCUT2D eigenvalue weighted by Gasteiger charge is 2.41. The largest absolute Gasteiger partial charge is 0.394 e. The second kappa shape index (κ2) is 51.9. The minimum Gasteiger partial charge on any atom is -0.394 e. The standard InChI is InChI=1S/C29H62N4O18.C24H50N4O18/c1-30-29(5-2-8-31-28(49)27(48)26(47)23(44)18(39)13-36,6-3-9-32-50-14-19(40)24(45)21(42)16(37)11-34)7-4-10-33-51-15-20(41)25(46)22(43)17(38)12-35;1-25-5-24(6-26-9-46-23(45)20(42)15(37)12(34)4-31,7-27-21(43)18(40)16(38)13(35)10(32)2-29)8-28-22(44)19(41)17(39)14(36)11(33)3-30/h16-27,30,32-48H,2-15H2,1H3,(H,31,49);10-20,23,25-26,29-42,45H,2-9H2,1H3,(H,27,43)(H,28,44). The maximum Gasteiger partial charge on any atom is 0.251 e. The van der Waals surface area contributed by atoms with E-state index >= 15 is 0 Å². The summed E-state index contributed by atoms with van der Waals surface area (Å²) >= 11 is 0. The Morgan fingerprint density at radius 2 is 0.639 bits per heavy atom. The van der Waals surface area contributed by atoms with Gasteiger partial charge in [0.1, 0.15) is 122 Å². The number of ether oxygens (including phenoxy) is 1. The van der Waals surface area contributed by atoms with Crippen LogP contribution in [0.1, 0.15) is 38.5 Å². The lowest BCUT2D eigenvalue weighted by Gasteiger charge is -2.36. The van der Waals surface area contributed by atoms with Gasteiger partial charge in [-0.05, 0) is 52.6 Å². The van der Waals surface area contributed by atoms with Crippen LogP contribution in [0.5, 0.6) is 0 Å². The van der Waals surface area contributed by atoms with Crippen LogP contribution in [0.4, 0.5) is 0 Å². The smallest absolute Gasteiger partial charge is 0.251 e. The normalized spacial score (nSPS) is 20.9. The van der Waals surface area contributed by atoms with Crippen LogP contribution in [0.15, 0.2) is 0 Å². The summed E-state index contributed by atoms with van der Waals surface area (Å²) in [7, 11) is 3.16. The maximum atomic E-state index is 12.6. The number of hydrogen-bond donors (Lipinski definition) is 38. The molecule has 0 fully saturated rings. The molecule has 0 aromatic heterocycles. The van der Waals surface area contributed by atoms with Crippen molar-refractivity contribution in [2.24, 2.45) is 5.41 Å². The van der Waals surface area contributed by atoms with Crippen LogP contribution in [0.2, 0.25) is 0 Å². The summed E-state index contributed by atoms with van der Waals surface area (Å²) < 4.78 is 4.96. The number of carbonyl (C=O) groups excluding carboxylic acids is 3. The molecule has 0 rings (SSSR count). The zero-order chi connectivity index (χ0) is 74.9. The van der Waals surface area contributed by atoms with Crippen LogP contribution in [0, 0.1) is 5.41 Å². The lowest BCUT2D eigenvalue weighted by molar-refractivity contribution is -0.207. The summed E-state index contributed by atoms with van der Waals surface area (Å²) in [6.45, 7) is -7.81. The number of hydroxylamine groups is 2. The third-order valence-corrected chi connectivity index (χ3v) is 15.4. The predicted molar refractivity (Wildman–Crippen MR) is 323 cm³/mol. The molecule has 0 aromatic carbocycles. The third-order valence-electron chi connectivity index (χ3n) is 15.4. The summed E-state index contributed by atoms with van der Waals surface area (Å²) in [4.78, 5) is 47.8. The van der Waals surface area contributed by atoms with Crippen molar-refractivity contribution in [2.75, 3.05) is 119 Å². The third kappa shape index (κ3) is 35.1. The van der Waals surface area contributed by atoms with Gasteiger partial charge in [0.15, 0.2) is 24.6 Å². The second-order valence-electron chi connectivity index (χ2n) is 23.0. The summed E-state index contributed by atoms with van der Waals surface area (Å²) in [6, 6.07) is 0. The molecule has 38 N–H and O–H groups in total. The Labute approximate surface area is 557 Å². The fourth-order valence-corrected chi connectivity index (χ4v) is 8.85. The molecule has 0 radical (unpaired) electrons. The van der Waals surface area contributed by atoms with E-state index in [1.807, 2.05) is 0 Å². The molecule has 0 bridgehead atoms. The molecule has 580 valence electrons. The van der Waals surface area contributed by atoms with Crippen LogP contribution in [0.3, 0.4) is 0 Å². The van der Waals surface area contributed by atoms with Gasteiger partial charge in [-0.25, -0.2) is 11.0 Å². The van der Waals surface area contributed by atoms with Gasteiger partial charge in [-0.1, -0.05) is 0 Å². The van der Waals surface area contributed by atoms with E-state index in [-0.39, 0.29) is 32.7 Å². The van der Waals surface area contributed by atoms with Crippen LogP contribution in [0.25, 0.3) is 0 Å². The van der Waals surface area contributed by atoms with E-state index in [0.717, 1.165) is 0 Å². The highest BCUT2D eigenvalue weighted by molar-refractivity contribution is 5.82. The van der Waals surface area contributed by atoms with Gasteiger partial charge in [0, 0.05) is 56.8 Å². The fourth-order valence-electron chi connectivity index (χ4n) is 8.85. The predicted octanol–water partition coefficient (Wildman–Crippen LogP) is -21.0. The van der Waals surface area contributed by atoms with Crippen LogP contribution in [-0.2, 0) is 28.8 Å². The quantitative estimate of drug-likeness (QED) is 0.0153. The first-order valence-corrected chi connectivity index (χ1v) is 30.7. The van der Waals surface area contributed by atoms with E-state index in [4.69, 9.17) is 45.1 Å². The molecule has 97 heavy (non-hydrogen) atoms. The van der Waals surface area contributed by atoms with Crippen LogP contribution in [-0.4, -0.2) is 443 Å². The van der Waals surface area contributed by atoms with Gasteiger partial charge >= 0.3 is 0 Å². The Bertz CT molecular complexity index is 1940. The minimum atomic E-state index is -2.33. The number of hydrogen-bond acceptors (Lipinski definition) is 41. The number of amides is 3. The van der Waals surface area contributed by atoms with Crippen molar-refractivity contribution < 1.29 is 182 Å². The van der Waals surface area contributed by atoms with Crippen molar-refractivity contribution in [1.82, 2.24) is 42.9 Å². The summed E-state index contributed by atoms with van der Waals surface area (Å²) in [5, 5.41) is 304. The zero-order valence-electron chi connectivity index (χ0n) is 53.8. The van der Waals surface area contributed by atoms with Crippen molar-refractivity contribution in [3.8, 4) is 0 Å². The molecule has 0 aliphatic carbocycles. The molecule has 0 saturated heterocycles. The van der Waals surface area contributed by atoms with E-state index < -0.39 is 248 Å². The molecule has 44 heteroatoms. The molecule has 44 nitrogen and oxygen atoms in total. The molecule has 0 aromatic rings. The molecule has 0 aliphatic rings. The topological polar surface area (TPSA) is 782 Å². The first-order valence-electron chi connectivity index (χ1n) is 30.7. The fraction of sp³-hybridized carbons (Fsp3) is 0.943. The van der Waals surface area contributed by atoms with E-state index in [0.29, 0.717) is 38.5 Å². The number of carbonyl (C=O) groups is 3. The first kappa shape index (κ1) is 95.9. The van der Waals surface area contributed by atoms with Gasteiger partial charge in [-0.2, -0.15) is 0 Å². The monoisotopic (exact) mass is 1440 g/mol. The van der Waals surface area contributed by atoms with Gasteiger partial charge in [-0.3, -0.25) is 29.4 Å². The molecule has 24 unspecified atom stereocenters. The average Bonchev–Trinajstić information content (AvgIpc) is 1.12. The van der Waals surface area contributed by atoms with Gasteiger partial charge in [0.2, 0.25) is 0 Å².